The topological polar surface area (TPSA) is 48.8 Å². The zero-order chi connectivity index (χ0) is 6.53. The smallest absolute Gasteiger partial charge is 0.212 e. The number of guanidine groups is 1. The Bertz CT molecular complexity index is 175. The van der Waals surface area contributed by atoms with Gasteiger partial charge < -0.3 is 5.32 Å². The van der Waals surface area contributed by atoms with Crippen LogP contribution in [0.4, 0.5) is 0 Å². The molecular formula is C5H8N4. The van der Waals surface area contributed by atoms with Crippen molar-refractivity contribution in [1.82, 2.24) is 10.7 Å². The van der Waals surface area contributed by atoms with Crippen molar-refractivity contribution in [2.75, 3.05) is 13.6 Å². The molecule has 2 N–H and O–H groups in total. The summed E-state index contributed by atoms with van der Waals surface area (Å²) in [7, 11) is 1.78. The lowest BCUT2D eigenvalue weighted by atomic mass is 10.6. The summed E-state index contributed by atoms with van der Waals surface area (Å²) >= 11 is 0. The normalized spacial score (nSPS) is 15.9. The summed E-state index contributed by atoms with van der Waals surface area (Å²) in [6.07, 6.45) is 1.75. The molecule has 0 aromatic carbocycles. The van der Waals surface area contributed by atoms with Gasteiger partial charge in [0.1, 0.15) is 0 Å². The summed E-state index contributed by atoms with van der Waals surface area (Å²) in [5.74, 6) is 3.32. The second-order valence-corrected chi connectivity index (χ2v) is 1.50. The van der Waals surface area contributed by atoms with Crippen molar-refractivity contribution in [2.45, 2.75) is 0 Å². The molecule has 0 radical (unpaired) electrons. The van der Waals surface area contributed by atoms with E-state index in [1.807, 2.05) is 0 Å². The molecule has 0 fully saturated rings. The number of aliphatic imine (C=N–C) groups is 1. The van der Waals surface area contributed by atoms with Crippen LogP contribution in [0.5, 0.6) is 0 Å². The number of hydrogen-bond donors (Lipinski definition) is 2. The van der Waals surface area contributed by atoms with Gasteiger partial charge in [0, 0.05) is 19.0 Å². The summed E-state index contributed by atoms with van der Waals surface area (Å²) in [6.45, 7) is 0.632. The number of rotatable bonds is 0. The van der Waals surface area contributed by atoms with E-state index in [4.69, 9.17) is 0 Å². The molecule has 1 heterocycles. The van der Waals surface area contributed by atoms with E-state index in [0.717, 1.165) is 0 Å². The molecule has 0 saturated heterocycles. The van der Waals surface area contributed by atoms with Gasteiger partial charge in [-0.25, -0.2) is 10.4 Å². The van der Waals surface area contributed by atoms with E-state index in [0.29, 0.717) is 12.5 Å². The minimum absolute atomic E-state index is 0.632. The van der Waals surface area contributed by atoms with E-state index in [2.05, 4.69) is 26.7 Å². The largest absolute Gasteiger partial charge is 0.358 e. The highest BCUT2D eigenvalue weighted by molar-refractivity contribution is 5.80. The van der Waals surface area contributed by atoms with Crippen LogP contribution in [0.2, 0.25) is 0 Å². The third-order valence-electron chi connectivity index (χ3n) is 0.895. The third-order valence-corrected chi connectivity index (χ3v) is 0.895. The maximum Gasteiger partial charge on any atom is 0.212 e. The molecule has 48 valence electrons. The first-order valence-corrected chi connectivity index (χ1v) is 2.68. The first-order chi connectivity index (χ1) is 4.43. The lowest BCUT2D eigenvalue weighted by Crippen LogP contribution is -2.30. The molecule has 0 aromatic heterocycles. The first kappa shape index (κ1) is 5.85. The van der Waals surface area contributed by atoms with Gasteiger partial charge in [-0.1, -0.05) is 0 Å². The number of nitrogens with one attached hydrogen (secondary N) is 2. The number of nitrogens with zero attached hydrogens (tertiary/aromatic N) is 2. The zero-order valence-corrected chi connectivity index (χ0v) is 5.18. The zero-order valence-electron chi connectivity index (χ0n) is 5.18. The average Bonchev–Trinajstić information content (AvgIpc) is 2.13. The first-order valence-electron chi connectivity index (χ1n) is 2.68. The van der Waals surface area contributed by atoms with Crippen LogP contribution in [0.15, 0.2) is 16.2 Å². The molecule has 0 amide bonds. The van der Waals surface area contributed by atoms with Crippen LogP contribution in [0.1, 0.15) is 0 Å². The highest BCUT2D eigenvalue weighted by Crippen LogP contribution is 1.74. The summed E-state index contributed by atoms with van der Waals surface area (Å²) in [4.78, 5) is 4.02. The second-order valence-electron chi connectivity index (χ2n) is 1.50. The maximum absolute atomic E-state index is 4.02. The van der Waals surface area contributed by atoms with Gasteiger partial charge in [0.2, 0.25) is 5.96 Å². The van der Waals surface area contributed by atoms with E-state index in [1.54, 1.807) is 13.1 Å². The third kappa shape index (κ3) is 1.58. The molecule has 9 heavy (non-hydrogen) atoms. The highest BCUT2D eigenvalue weighted by Gasteiger charge is 1.90. The van der Waals surface area contributed by atoms with E-state index >= 15 is 0 Å². The molecule has 0 saturated carbocycles. The summed E-state index contributed by atoms with van der Waals surface area (Å²) in [5.41, 5.74) is 2.65. The van der Waals surface area contributed by atoms with Crippen molar-refractivity contribution in [3.8, 4) is 0 Å². The maximum atomic E-state index is 4.02. The Morgan fingerprint density at radius 3 is 3.56 bits per heavy atom. The lowest BCUT2D eigenvalue weighted by molar-refractivity contribution is 0.944. The molecule has 0 bridgehead atoms. The van der Waals surface area contributed by atoms with Gasteiger partial charge in [0.05, 0.1) is 6.54 Å². The summed E-state index contributed by atoms with van der Waals surface area (Å²) in [6, 6.07) is 0. The molecule has 0 spiro atoms. The van der Waals surface area contributed by atoms with Gasteiger partial charge in [-0.05, 0) is 0 Å². The average molecular weight is 124 g/mol. The molecule has 0 atom stereocenters. The lowest BCUT2D eigenvalue weighted by Gasteiger charge is -1.98. The standard InChI is InChI=1S/C5H8N4/c1-6-5-7-3-2-4-8-9-5/h2H,3H2,1H3,(H2,6,7,9). The van der Waals surface area contributed by atoms with E-state index < -0.39 is 0 Å². The van der Waals surface area contributed by atoms with Crippen molar-refractivity contribution < 1.29 is 0 Å². The van der Waals surface area contributed by atoms with Crippen LogP contribution >= 0.6 is 0 Å². The minimum Gasteiger partial charge on any atom is -0.358 e. The van der Waals surface area contributed by atoms with Crippen LogP contribution in [0.3, 0.4) is 0 Å². The van der Waals surface area contributed by atoms with Crippen LogP contribution in [-0.4, -0.2) is 25.4 Å². The molecule has 4 nitrogen and oxygen atoms in total. The molecule has 4 heteroatoms. The van der Waals surface area contributed by atoms with Crippen LogP contribution < -0.4 is 10.7 Å². The summed E-state index contributed by atoms with van der Waals surface area (Å²) in [5, 5.41) is 6.50. The predicted molar refractivity (Wildman–Crippen MR) is 36.5 cm³/mol. The van der Waals surface area contributed by atoms with E-state index in [-0.39, 0.29) is 0 Å². The minimum atomic E-state index is 0.632. The molecule has 1 aliphatic rings. The highest BCUT2D eigenvalue weighted by atomic mass is 15.4. The Hall–Kier alpha value is -1.28. The fourth-order valence-corrected chi connectivity index (χ4v) is 0.479. The van der Waals surface area contributed by atoms with Crippen LogP contribution in [0.25, 0.3) is 0 Å². The van der Waals surface area contributed by atoms with Crippen molar-refractivity contribution >= 4 is 11.8 Å². The van der Waals surface area contributed by atoms with Gasteiger partial charge in [0.25, 0.3) is 0 Å². The van der Waals surface area contributed by atoms with E-state index in [9.17, 15) is 0 Å². The Morgan fingerprint density at radius 2 is 2.78 bits per heavy atom. The predicted octanol–water partition coefficient (Wildman–Crippen LogP) is -0.694. The van der Waals surface area contributed by atoms with Crippen molar-refractivity contribution in [3.63, 3.8) is 0 Å². The Morgan fingerprint density at radius 1 is 1.89 bits per heavy atom. The number of hydrogen-bond acceptors (Lipinski definition) is 4. The van der Waals surface area contributed by atoms with Crippen LogP contribution in [0, 0.1) is 0 Å². The molecule has 0 unspecified atom stereocenters. The second kappa shape index (κ2) is 2.89. The molecule has 0 aliphatic carbocycles. The molecule has 0 aromatic rings. The SMILES string of the molecule is CNC1=NCC=C=NN1. The van der Waals surface area contributed by atoms with Gasteiger partial charge in [-0.3, -0.25) is 0 Å². The van der Waals surface area contributed by atoms with Crippen molar-refractivity contribution in [2.24, 2.45) is 10.1 Å². The molecule has 1 aliphatic heterocycles. The summed E-state index contributed by atoms with van der Waals surface area (Å²) < 4.78 is 0. The Labute approximate surface area is 53.4 Å². The van der Waals surface area contributed by atoms with Gasteiger partial charge in [0.15, 0.2) is 0 Å². The van der Waals surface area contributed by atoms with Crippen molar-refractivity contribution in [1.29, 1.82) is 0 Å². The van der Waals surface area contributed by atoms with Gasteiger partial charge in [-0.15, -0.1) is 5.10 Å². The monoisotopic (exact) mass is 124 g/mol. The fraction of sp³-hybridized carbons (Fsp3) is 0.400. The van der Waals surface area contributed by atoms with Gasteiger partial charge >= 0.3 is 0 Å². The molecule has 1 rings (SSSR count). The van der Waals surface area contributed by atoms with Crippen molar-refractivity contribution in [3.05, 3.63) is 6.08 Å². The number of hydrazone groups is 1. The van der Waals surface area contributed by atoms with Gasteiger partial charge in [-0.2, -0.15) is 0 Å². The fourth-order valence-electron chi connectivity index (χ4n) is 0.479. The quantitative estimate of drug-likeness (QED) is 0.449. The van der Waals surface area contributed by atoms with E-state index in [1.165, 1.54) is 0 Å². The molecular weight excluding hydrogens is 116 g/mol. The Balaban J connectivity index is 2.58. The van der Waals surface area contributed by atoms with Crippen LogP contribution in [-0.2, 0) is 0 Å². The Kier molecular flexibility index (Phi) is 1.88.